The highest BCUT2D eigenvalue weighted by atomic mass is 32.2. The monoisotopic (exact) mass is 373 g/mol. The molecule has 0 aliphatic carbocycles. The average molecular weight is 373 g/mol. The van der Waals surface area contributed by atoms with Crippen LogP contribution in [0, 0.1) is 6.92 Å². The molecule has 1 aliphatic heterocycles. The zero-order valence-corrected chi connectivity index (χ0v) is 14.6. The molecule has 8 nitrogen and oxygen atoms in total. The van der Waals surface area contributed by atoms with Crippen molar-refractivity contribution in [3.8, 4) is 28.6 Å². The molecule has 3 aromatic rings. The SMILES string of the molecule is Cc1nc(-c2cccc(Oc3ccc4c(c3)S(=O)(=O)NCCO4)c2)no1. The molecule has 9 heteroatoms. The molecule has 2 aromatic carbocycles. The number of fused-ring (bicyclic) bond motifs is 1. The molecule has 0 saturated heterocycles. The van der Waals surface area contributed by atoms with Crippen molar-refractivity contribution < 1.29 is 22.4 Å². The van der Waals surface area contributed by atoms with Gasteiger partial charge in [-0.3, -0.25) is 0 Å². The van der Waals surface area contributed by atoms with Crippen molar-refractivity contribution in [3.05, 3.63) is 48.4 Å². The average Bonchev–Trinajstić information content (AvgIpc) is 3.00. The van der Waals surface area contributed by atoms with Crippen molar-refractivity contribution in [3.63, 3.8) is 0 Å². The third-order valence-electron chi connectivity index (χ3n) is 3.71. The molecule has 0 atom stereocenters. The molecule has 0 unspecified atom stereocenters. The first kappa shape index (κ1) is 16.6. The predicted octanol–water partition coefficient (Wildman–Crippen LogP) is 2.51. The summed E-state index contributed by atoms with van der Waals surface area (Å²) < 4.78 is 43.2. The van der Waals surface area contributed by atoms with Gasteiger partial charge in [0.2, 0.25) is 21.7 Å². The van der Waals surface area contributed by atoms with Gasteiger partial charge >= 0.3 is 0 Å². The van der Waals surface area contributed by atoms with Crippen molar-refractivity contribution in [2.24, 2.45) is 0 Å². The molecule has 1 N–H and O–H groups in total. The lowest BCUT2D eigenvalue weighted by molar-refractivity contribution is 0.320. The summed E-state index contributed by atoms with van der Waals surface area (Å²) in [4.78, 5) is 4.23. The fraction of sp³-hybridized carbons (Fsp3) is 0.176. The third kappa shape index (κ3) is 3.26. The highest BCUT2D eigenvalue weighted by Crippen LogP contribution is 2.32. The number of hydrogen-bond acceptors (Lipinski definition) is 7. The van der Waals surface area contributed by atoms with Crippen LogP contribution in [0.4, 0.5) is 0 Å². The third-order valence-corrected chi connectivity index (χ3v) is 5.19. The van der Waals surface area contributed by atoms with Crippen LogP contribution < -0.4 is 14.2 Å². The van der Waals surface area contributed by atoms with Crippen LogP contribution in [0.25, 0.3) is 11.4 Å². The number of nitrogens with one attached hydrogen (secondary N) is 1. The Hall–Kier alpha value is -2.91. The fourth-order valence-electron chi connectivity index (χ4n) is 2.55. The topological polar surface area (TPSA) is 104 Å². The summed E-state index contributed by atoms with van der Waals surface area (Å²) in [6.07, 6.45) is 0. The Morgan fingerprint density at radius 3 is 2.81 bits per heavy atom. The van der Waals surface area contributed by atoms with Gasteiger partial charge in [0.25, 0.3) is 0 Å². The van der Waals surface area contributed by atoms with E-state index in [1.54, 1.807) is 37.3 Å². The van der Waals surface area contributed by atoms with E-state index < -0.39 is 10.0 Å². The lowest BCUT2D eigenvalue weighted by Crippen LogP contribution is -2.24. The second-order valence-corrected chi connectivity index (χ2v) is 7.36. The molecule has 1 aliphatic rings. The second-order valence-electron chi connectivity index (χ2n) is 5.62. The molecule has 1 aromatic heterocycles. The molecule has 26 heavy (non-hydrogen) atoms. The number of rotatable bonds is 3. The van der Waals surface area contributed by atoms with E-state index in [-0.39, 0.29) is 18.0 Å². The summed E-state index contributed by atoms with van der Waals surface area (Å²) >= 11 is 0. The summed E-state index contributed by atoms with van der Waals surface area (Å²) in [6, 6.07) is 11.8. The van der Waals surface area contributed by atoms with E-state index in [0.717, 1.165) is 5.56 Å². The molecule has 0 amide bonds. The van der Waals surface area contributed by atoms with Crippen LogP contribution in [0.2, 0.25) is 0 Å². The van der Waals surface area contributed by atoms with Gasteiger partial charge in [-0.05, 0) is 24.3 Å². The summed E-state index contributed by atoms with van der Waals surface area (Å²) in [5.74, 6) is 2.12. The minimum Gasteiger partial charge on any atom is -0.491 e. The lowest BCUT2D eigenvalue weighted by atomic mass is 10.2. The Labute approximate surface area is 149 Å². The number of hydrogen-bond donors (Lipinski definition) is 1. The summed E-state index contributed by atoms with van der Waals surface area (Å²) in [7, 11) is -3.63. The first-order chi connectivity index (χ1) is 12.5. The Morgan fingerprint density at radius 1 is 1.15 bits per heavy atom. The van der Waals surface area contributed by atoms with Crippen LogP contribution in [0.1, 0.15) is 5.89 Å². The zero-order chi connectivity index (χ0) is 18.1. The molecule has 0 bridgehead atoms. The van der Waals surface area contributed by atoms with E-state index in [2.05, 4.69) is 14.9 Å². The number of aryl methyl sites for hydroxylation is 1. The van der Waals surface area contributed by atoms with E-state index in [0.29, 0.717) is 29.0 Å². The maximum Gasteiger partial charge on any atom is 0.244 e. The first-order valence-electron chi connectivity index (χ1n) is 7.86. The van der Waals surface area contributed by atoms with Crippen LogP contribution in [-0.4, -0.2) is 31.7 Å². The molecular weight excluding hydrogens is 358 g/mol. The highest BCUT2D eigenvalue weighted by molar-refractivity contribution is 7.89. The van der Waals surface area contributed by atoms with E-state index in [4.69, 9.17) is 14.0 Å². The molecule has 0 fully saturated rings. The standard InChI is InChI=1S/C17H15N3O5S/c1-11-19-17(20-25-11)12-3-2-4-13(9-12)24-14-5-6-15-16(10-14)26(21,22)18-7-8-23-15/h2-6,9-10,18H,7-8H2,1H3. The number of sulfonamides is 1. The van der Waals surface area contributed by atoms with Gasteiger partial charge in [0.1, 0.15) is 28.8 Å². The maximum absolute atomic E-state index is 12.3. The quantitative estimate of drug-likeness (QED) is 0.752. The molecule has 2 heterocycles. The van der Waals surface area contributed by atoms with Gasteiger partial charge in [-0.25, -0.2) is 13.1 Å². The first-order valence-corrected chi connectivity index (χ1v) is 9.35. The van der Waals surface area contributed by atoms with Crippen LogP contribution in [0.15, 0.2) is 51.9 Å². The van der Waals surface area contributed by atoms with E-state index in [9.17, 15) is 8.42 Å². The summed E-state index contributed by atoms with van der Waals surface area (Å²) in [6.45, 7) is 2.21. The van der Waals surface area contributed by atoms with Crippen LogP contribution >= 0.6 is 0 Å². The van der Waals surface area contributed by atoms with E-state index in [1.807, 2.05) is 6.07 Å². The van der Waals surface area contributed by atoms with Gasteiger partial charge < -0.3 is 14.0 Å². The van der Waals surface area contributed by atoms with Gasteiger partial charge in [0, 0.05) is 25.1 Å². The van der Waals surface area contributed by atoms with Gasteiger partial charge in [0.05, 0.1) is 0 Å². The summed E-state index contributed by atoms with van der Waals surface area (Å²) in [5.41, 5.74) is 0.728. The largest absolute Gasteiger partial charge is 0.491 e. The van der Waals surface area contributed by atoms with Gasteiger partial charge in [0.15, 0.2) is 0 Å². The minimum absolute atomic E-state index is 0.0532. The molecule has 4 rings (SSSR count). The highest BCUT2D eigenvalue weighted by Gasteiger charge is 2.23. The second kappa shape index (κ2) is 6.43. The Kier molecular flexibility index (Phi) is 4.09. The van der Waals surface area contributed by atoms with E-state index >= 15 is 0 Å². The van der Waals surface area contributed by atoms with Crippen molar-refractivity contribution in [1.29, 1.82) is 0 Å². The van der Waals surface area contributed by atoms with Crippen molar-refractivity contribution in [2.45, 2.75) is 11.8 Å². The molecule has 0 spiro atoms. The number of benzene rings is 2. The van der Waals surface area contributed by atoms with Crippen molar-refractivity contribution >= 4 is 10.0 Å². The molecule has 134 valence electrons. The Morgan fingerprint density at radius 2 is 2.00 bits per heavy atom. The van der Waals surface area contributed by atoms with E-state index in [1.165, 1.54) is 6.07 Å². The Balaban J connectivity index is 1.65. The van der Waals surface area contributed by atoms with Gasteiger partial charge in [-0.15, -0.1) is 0 Å². The number of ether oxygens (including phenoxy) is 2. The maximum atomic E-state index is 12.3. The van der Waals surface area contributed by atoms with Crippen LogP contribution in [0.5, 0.6) is 17.2 Å². The Bertz CT molecular complexity index is 1060. The minimum atomic E-state index is -3.63. The van der Waals surface area contributed by atoms with Crippen LogP contribution in [-0.2, 0) is 10.0 Å². The van der Waals surface area contributed by atoms with Crippen molar-refractivity contribution in [1.82, 2.24) is 14.9 Å². The summed E-state index contributed by atoms with van der Waals surface area (Å²) in [5, 5.41) is 3.88. The fourth-order valence-corrected chi connectivity index (χ4v) is 3.72. The normalized spacial score (nSPS) is 15.6. The molecular formula is C17H15N3O5S. The van der Waals surface area contributed by atoms with Crippen LogP contribution in [0.3, 0.4) is 0 Å². The number of aromatic nitrogens is 2. The number of nitrogens with zero attached hydrogens (tertiary/aromatic N) is 2. The smallest absolute Gasteiger partial charge is 0.244 e. The zero-order valence-electron chi connectivity index (χ0n) is 13.8. The van der Waals surface area contributed by atoms with Gasteiger partial charge in [-0.1, -0.05) is 17.3 Å². The van der Waals surface area contributed by atoms with Gasteiger partial charge in [-0.2, -0.15) is 4.98 Å². The predicted molar refractivity (Wildman–Crippen MR) is 91.7 cm³/mol. The molecule has 0 radical (unpaired) electrons. The molecule has 0 saturated carbocycles. The lowest BCUT2D eigenvalue weighted by Gasteiger charge is -2.10. The van der Waals surface area contributed by atoms with Crippen molar-refractivity contribution in [2.75, 3.05) is 13.2 Å².